The summed E-state index contributed by atoms with van der Waals surface area (Å²) in [5.41, 5.74) is 5.21. The molecule has 6 heteroatoms. The number of aromatic nitrogens is 2. The average molecular weight is 437 g/mol. The highest BCUT2D eigenvalue weighted by molar-refractivity contribution is 6.46. The summed E-state index contributed by atoms with van der Waals surface area (Å²) in [5.74, 6) is -1.50. The van der Waals surface area contributed by atoms with Gasteiger partial charge < -0.3 is 15.0 Å². The van der Waals surface area contributed by atoms with E-state index in [0.717, 1.165) is 33.2 Å². The predicted octanol–water partition coefficient (Wildman–Crippen LogP) is 4.80. The molecular formula is C27H23N3O3. The number of carbonyl (C=O) groups is 2. The number of aromatic amines is 1. The molecule has 1 saturated heterocycles. The van der Waals surface area contributed by atoms with Gasteiger partial charge in [-0.25, -0.2) is 0 Å². The molecule has 0 radical (unpaired) electrons. The van der Waals surface area contributed by atoms with E-state index in [4.69, 9.17) is 0 Å². The van der Waals surface area contributed by atoms with Gasteiger partial charge in [-0.3, -0.25) is 14.6 Å². The number of amides is 1. The third-order valence-electron chi connectivity index (χ3n) is 6.25. The summed E-state index contributed by atoms with van der Waals surface area (Å²) in [7, 11) is 0. The van der Waals surface area contributed by atoms with Crippen molar-refractivity contribution in [3.63, 3.8) is 0 Å². The maximum Gasteiger partial charge on any atom is 0.295 e. The lowest BCUT2D eigenvalue weighted by molar-refractivity contribution is -0.140. The van der Waals surface area contributed by atoms with E-state index in [-0.39, 0.29) is 17.9 Å². The molecule has 1 aliphatic rings. The summed E-state index contributed by atoms with van der Waals surface area (Å²) < 4.78 is 0. The number of aryl methyl sites for hydroxylation is 2. The second kappa shape index (κ2) is 8.06. The Bertz CT molecular complexity index is 1420. The van der Waals surface area contributed by atoms with Gasteiger partial charge in [0.05, 0.1) is 11.6 Å². The zero-order chi connectivity index (χ0) is 23.1. The van der Waals surface area contributed by atoms with Crippen LogP contribution in [0.25, 0.3) is 16.7 Å². The van der Waals surface area contributed by atoms with E-state index < -0.39 is 17.7 Å². The Hall–Kier alpha value is -4.19. The largest absolute Gasteiger partial charge is 0.507 e. The molecule has 0 aliphatic carbocycles. The SMILES string of the molecule is Cc1ccc(C)c(CN2C(=O)C(=O)/C(=C(\O)c3c[nH]c4ccccc34)C2c2ccncc2)c1. The number of ketones is 1. The fraction of sp³-hybridized carbons (Fsp3) is 0.148. The summed E-state index contributed by atoms with van der Waals surface area (Å²) in [6.45, 7) is 4.24. The molecule has 1 aliphatic heterocycles. The van der Waals surface area contributed by atoms with Crippen LogP contribution in [-0.2, 0) is 16.1 Å². The number of aliphatic hydroxyl groups excluding tert-OH is 1. The number of likely N-dealkylation sites (tertiary alicyclic amines) is 1. The summed E-state index contributed by atoms with van der Waals surface area (Å²) >= 11 is 0. The smallest absolute Gasteiger partial charge is 0.295 e. The first-order valence-electron chi connectivity index (χ1n) is 10.8. The Balaban J connectivity index is 1.69. The molecule has 3 heterocycles. The molecule has 0 saturated carbocycles. The highest BCUT2D eigenvalue weighted by Gasteiger charge is 2.46. The van der Waals surface area contributed by atoms with E-state index in [9.17, 15) is 14.7 Å². The van der Waals surface area contributed by atoms with E-state index >= 15 is 0 Å². The molecule has 1 amide bonds. The van der Waals surface area contributed by atoms with Crippen LogP contribution in [0.4, 0.5) is 0 Å². The second-order valence-corrected chi connectivity index (χ2v) is 8.39. The van der Waals surface area contributed by atoms with Crippen molar-refractivity contribution < 1.29 is 14.7 Å². The Morgan fingerprint density at radius 1 is 1.06 bits per heavy atom. The number of nitrogens with one attached hydrogen (secondary N) is 1. The van der Waals surface area contributed by atoms with Crippen molar-refractivity contribution in [2.75, 3.05) is 0 Å². The zero-order valence-electron chi connectivity index (χ0n) is 18.4. The van der Waals surface area contributed by atoms with E-state index in [2.05, 4.69) is 9.97 Å². The molecule has 1 atom stereocenters. The number of carbonyl (C=O) groups excluding carboxylic acids is 2. The second-order valence-electron chi connectivity index (χ2n) is 8.39. The summed E-state index contributed by atoms with van der Waals surface area (Å²) in [5, 5.41) is 12.1. The van der Waals surface area contributed by atoms with Crippen LogP contribution >= 0.6 is 0 Å². The van der Waals surface area contributed by atoms with Gasteiger partial charge in [0.1, 0.15) is 5.76 Å². The van der Waals surface area contributed by atoms with Crippen LogP contribution in [0.5, 0.6) is 0 Å². The molecular weight excluding hydrogens is 414 g/mol. The molecule has 33 heavy (non-hydrogen) atoms. The number of hydrogen-bond acceptors (Lipinski definition) is 4. The minimum absolute atomic E-state index is 0.0845. The summed E-state index contributed by atoms with van der Waals surface area (Å²) in [6.07, 6.45) is 4.92. The van der Waals surface area contributed by atoms with Crippen LogP contribution < -0.4 is 0 Å². The van der Waals surface area contributed by atoms with Gasteiger partial charge >= 0.3 is 0 Å². The monoisotopic (exact) mass is 437 g/mol. The number of nitrogens with zero attached hydrogens (tertiary/aromatic N) is 2. The van der Waals surface area contributed by atoms with Crippen molar-refractivity contribution >= 4 is 28.4 Å². The third-order valence-corrected chi connectivity index (χ3v) is 6.25. The van der Waals surface area contributed by atoms with Gasteiger partial charge in [-0.2, -0.15) is 0 Å². The molecule has 5 rings (SSSR count). The maximum absolute atomic E-state index is 13.3. The van der Waals surface area contributed by atoms with Gasteiger partial charge in [0, 0.05) is 41.6 Å². The third kappa shape index (κ3) is 3.49. The Morgan fingerprint density at radius 3 is 2.61 bits per heavy atom. The van der Waals surface area contributed by atoms with Crippen LogP contribution in [0, 0.1) is 13.8 Å². The Labute approximate surface area is 191 Å². The van der Waals surface area contributed by atoms with Crippen LogP contribution in [0.15, 0.2) is 78.8 Å². The highest BCUT2D eigenvalue weighted by Crippen LogP contribution is 2.41. The quantitative estimate of drug-likeness (QED) is 0.273. The zero-order valence-corrected chi connectivity index (χ0v) is 18.4. The first-order valence-corrected chi connectivity index (χ1v) is 10.8. The standard InChI is InChI=1S/C27H23N3O3/c1-16-7-8-17(2)19(13-16)15-30-24(18-9-11-28-12-10-18)23(26(32)27(30)33)25(31)21-14-29-22-6-4-3-5-20(21)22/h3-14,24,29,31H,15H2,1-2H3/b25-23-. The van der Waals surface area contributed by atoms with E-state index in [1.54, 1.807) is 35.6 Å². The number of benzene rings is 2. The average Bonchev–Trinajstić information content (AvgIpc) is 3.36. The van der Waals surface area contributed by atoms with Crippen LogP contribution in [0.3, 0.4) is 0 Å². The normalized spacial score (nSPS) is 17.8. The van der Waals surface area contributed by atoms with Gasteiger partial charge in [-0.05, 0) is 48.7 Å². The van der Waals surface area contributed by atoms with E-state index in [1.165, 1.54) is 0 Å². The minimum Gasteiger partial charge on any atom is -0.507 e. The lowest BCUT2D eigenvalue weighted by atomic mass is 9.95. The summed E-state index contributed by atoms with van der Waals surface area (Å²) in [4.78, 5) is 35.3. The number of rotatable bonds is 4. The van der Waals surface area contributed by atoms with Crippen molar-refractivity contribution in [3.05, 3.63) is 107 Å². The number of aliphatic hydroxyl groups is 1. The van der Waals surface area contributed by atoms with Crippen molar-refractivity contribution in [2.45, 2.75) is 26.4 Å². The number of Topliss-reactive ketones (excluding diaryl/α,β-unsaturated/α-hetero) is 1. The number of fused-ring (bicyclic) bond motifs is 1. The lowest BCUT2D eigenvalue weighted by Crippen LogP contribution is -2.29. The van der Waals surface area contributed by atoms with E-state index in [1.807, 2.05) is 56.3 Å². The molecule has 2 aromatic heterocycles. The molecule has 0 spiro atoms. The molecule has 2 aromatic carbocycles. The number of hydrogen-bond donors (Lipinski definition) is 2. The van der Waals surface area contributed by atoms with Gasteiger partial charge in [0.25, 0.3) is 11.7 Å². The van der Waals surface area contributed by atoms with Crippen molar-refractivity contribution in [3.8, 4) is 0 Å². The minimum atomic E-state index is -0.721. The van der Waals surface area contributed by atoms with Gasteiger partial charge in [0.2, 0.25) is 0 Å². The molecule has 4 aromatic rings. The predicted molar refractivity (Wildman–Crippen MR) is 126 cm³/mol. The van der Waals surface area contributed by atoms with Gasteiger partial charge in [-0.1, -0.05) is 42.0 Å². The number of pyridine rings is 1. The van der Waals surface area contributed by atoms with Crippen molar-refractivity contribution in [2.24, 2.45) is 0 Å². The van der Waals surface area contributed by atoms with Gasteiger partial charge in [-0.15, -0.1) is 0 Å². The van der Waals surface area contributed by atoms with Crippen molar-refractivity contribution in [1.29, 1.82) is 0 Å². The molecule has 1 unspecified atom stereocenters. The number of H-pyrrole nitrogens is 1. The Morgan fingerprint density at radius 2 is 1.82 bits per heavy atom. The lowest BCUT2D eigenvalue weighted by Gasteiger charge is -2.26. The molecule has 0 bridgehead atoms. The highest BCUT2D eigenvalue weighted by atomic mass is 16.3. The Kier molecular flexibility index (Phi) is 5.05. The van der Waals surface area contributed by atoms with Crippen molar-refractivity contribution in [1.82, 2.24) is 14.9 Å². The first-order chi connectivity index (χ1) is 16.0. The molecule has 1 fully saturated rings. The summed E-state index contributed by atoms with van der Waals surface area (Å²) in [6, 6.07) is 16.4. The topological polar surface area (TPSA) is 86.3 Å². The van der Waals surface area contributed by atoms with Crippen LogP contribution in [0.1, 0.15) is 33.9 Å². The number of para-hydroxylation sites is 1. The molecule has 2 N–H and O–H groups in total. The molecule has 6 nitrogen and oxygen atoms in total. The first kappa shape index (κ1) is 20.7. The fourth-order valence-corrected chi connectivity index (χ4v) is 4.50. The molecule has 164 valence electrons. The van der Waals surface area contributed by atoms with Crippen LogP contribution in [-0.4, -0.2) is 31.7 Å². The van der Waals surface area contributed by atoms with Crippen LogP contribution in [0.2, 0.25) is 0 Å². The van der Waals surface area contributed by atoms with Gasteiger partial charge in [0.15, 0.2) is 0 Å². The fourth-order valence-electron chi connectivity index (χ4n) is 4.50. The van der Waals surface area contributed by atoms with E-state index in [0.29, 0.717) is 5.56 Å². The maximum atomic E-state index is 13.3.